The molecule has 2 heterocycles. The summed E-state index contributed by atoms with van der Waals surface area (Å²) in [5, 5.41) is 6.64. The van der Waals surface area contributed by atoms with Crippen LogP contribution in [0.5, 0.6) is 11.5 Å². The molecule has 0 unspecified atom stereocenters. The molecule has 10 nitrogen and oxygen atoms in total. The highest BCUT2D eigenvalue weighted by Gasteiger charge is 2.32. The van der Waals surface area contributed by atoms with Crippen molar-refractivity contribution in [2.75, 3.05) is 26.6 Å². The van der Waals surface area contributed by atoms with Crippen LogP contribution < -0.4 is 25.7 Å². The number of nitrogens with one attached hydrogen (secondary N) is 2. The molecule has 0 saturated carbocycles. The van der Waals surface area contributed by atoms with Crippen molar-refractivity contribution >= 4 is 41.0 Å². The Kier molecular flexibility index (Phi) is 9.36. The molecule has 0 bridgehead atoms. The zero-order chi connectivity index (χ0) is 32.4. The first-order valence-corrected chi connectivity index (χ1v) is 15.0. The Morgan fingerprint density at radius 1 is 0.956 bits per heavy atom. The van der Waals surface area contributed by atoms with E-state index in [4.69, 9.17) is 37.7 Å². The number of nitrogens with zero attached hydrogens (tertiary/aromatic N) is 3. The van der Waals surface area contributed by atoms with E-state index in [0.29, 0.717) is 51.0 Å². The van der Waals surface area contributed by atoms with Crippen LogP contribution >= 0.6 is 23.2 Å². The third kappa shape index (κ3) is 6.34. The number of halogens is 2. The number of ether oxygens (including phenoxy) is 2. The summed E-state index contributed by atoms with van der Waals surface area (Å²) in [6, 6.07) is 16.4. The fourth-order valence-electron chi connectivity index (χ4n) is 5.37. The fraction of sp³-hybridized carbons (Fsp3) is 0.273. The van der Waals surface area contributed by atoms with Gasteiger partial charge in [-0.1, -0.05) is 29.3 Å². The molecule has 0 saturated heterocycles. The minimum atomic E-state index is -0.317. The molecule has 2 amide bonds. The molecular weight excluding hydrogens is 617 g/mol. The number of fused-ring (bicyclic) bond motifs is 1. The smallest absolute Gasteiger partial charge is 0.263 e. The minimum Gasteiger partial charge on any atom is -0.493 e. The van der Waals surface area contributed by atoms with Gasteiger partial charge >= 0.3 is 0 Å². The number of benzene rings is 3. The van der Waals surface area contributed by atoms with E-state index in [1.807, 2.05) is 32.0 Å². The van der Waals surface area contributed by atoms with Crippen molar-refractivity contribution in [3.8, 4) is 17.2 Å². The van der Waals surface area contributed by atoms with E-state index in [9.17, 15) is 14.4 Å². The zero-order valence-electron chi connectivity index (χ0n) is 25.5. The minimum absolute atomic E-state index is 0.126. The van der Waals surface area contributed by atoms with Crippen LogP contribution in [-0.4, -0.2) is 53.6 Å². The van der Waals surface area contributed by atoms with Crippen LogP contribution in [0.3, 0.4) is 0 Å². The highest BCUT2D eigenvalue weighted by atomic mass is 35.5. The molecule has 2 atom stereocenters. The molecule has 0 radical (unpaired) electrons. The highest BCUT2D eigenvalue weighted by Crippen LogP contribution is 2.32. The average Bonchev–Trinajstić information content (AvgIpc) is 3.05. The SMILES string of the molecule is CNC(=O)c1ccc(-n2c(N[C@H](C)c3ccc(OC)c(OC)c3)nc3c(c2=O)C[C@@H](C)N(C(=O)c2ccc(Cl)c(Cl)c2)C3)cc1. The van der Waals surface area contributed by atoms with Crippen LogP contribution in [0.4, 0.5) is 5.95 Å². The predicted molar refractivity (Wildman–Crippen MR) is 174 cm³/mol. The Hall–Kier alpha value is -4.54. The second-order valence-electron chi connectivity index (χ2n) is 10.7. The van der Waals surface area contributed by atoms with E-state index in [-0.39, 0.29) is 47.0 Å². The lowest BCUT2D eigenvalue weighted by Crippen LogP contribution is -2.46. The summed E-state index contributed by atoms with van der Waals surface area (Å²) in [4.78, 5) is 46.6. The Balaban J connectivity index is 1.58. The van der Waals surface area contributed by atoms with Gasteiger partial charge in [-0.3, -0.25) is 14.4 Å². The van der Waals surface area contributed by atoms with E-state index in [2.05, 4.69) is 10.6 Å². The van der Waals surface area contributed by atoms with Crippen molar-refractivity contribution in [3.05, 3.63) is 109 Å². The second kappa shape index (κ2) is 13.2. The number of carbonyl (C=O) groups is 2. The van der Waals surface area contributed by atoms with E-state index >= 15 is 0 Å². The number of rotatable bonds is 8. The van der Waals surface area contributed by atoms with E-state index in [1.54, 1.807) is 68.6 Å². The maximum absolute atomic E-state index is 14.2. The molecule has 2 N–H and O–H groups in total. The Bertz CT molecular complexity index is 1830. The highest BCUT2D eigenvalue weighted by molar-refractivity contribution is 6.42. The van der Waals surface area contributed by atoms with Crippen LogP contribution in [0.25, 0.3) is 5.69 Å². The van der Waals surface area contributed by atoms with Crippen LogP contribution in [0.1, 0.15) is 57.4 Å². The van der Waals surface area contributed by atoms with Crippen molar-refractivity contribution in [1.82, 2.24) is 19.8 Å². The largest absolute Gasteiger partial charge is 0.493 e. The lowest BCUT2D eigenvalue weighted by atomic mass is 9.98. The topological polar surface area (TPSA) is 115 Å². The average molecular weight is 651 g/mol. The molecule has 3 aromatic carbocycles. The zero-order valence-corrected chi connectivity index (χ0v) is 27.0. The maximum atomic E-state index is 14.2. The lowest BCUT2D eigenvalue weighted by molar-refractivity contribution is 0.0653. The first kappa shape index (κ1) is 31.9. The van der Waals surface area contributed by atoms with E-state index in [1.165, 1.54) is 4.57 Å². The number of hydrogen-bond donors (Lipinski definition) is 2. The fourth-order valence-corrected chi connectivity index (χ4v) is 5.67. The first-order valence-electron chi connectivity index (χ1n) is 14.3. The number of anilines is 1. The van der Waals surface area contributed by atoms with Gasteiger partial charge in [0.1, 0.15) is 0 Å². The Morgan fingerprint density at radius 3 is 2.29 bits per heavy atom. The van der Waals surface area contributed by atoms with Crippen molar-refractivity contribution in [2.24, 2.45) is 0 Å². The number of amides is 2. The van der Waals surface area contributed by atoms with Gasteiger partial charge in [0.15, 0.2) is 11.5 Å². The second-order valence-corrected chi connectivity index (χ2v) is 11.5. The predicted octanol–water partition coefficient (Wildman–Crippen LogP) is 5.68. The Morgan fingerprint density at radius 2 is 1.64 bits per heavy atom. The number of aromatic nitrogens is 2. The van der Waals surface area contributed by atoms with Crippen molar-refractivity contribution in [1.29, 1.82) is 0 Å². The van der Waals surface area contributed by atoms with Crippen molar-refractivity contribution in [3.63, 3.8) is 0 Å². The standard InChI is InChI=1S/C33H33Cl2N5O5/c1-18-14-24-27(17-39(18)31(42)22-8-12-25(34)26(35)15-22)38-33(37-19(2)21-9-13-28(44-4)29(16-21)45-5)40(32(24)43)23-10-6-20(7-11-23)30(41)36-3/h6-13,15-16,18-19H,14,17H2,1-5H3,(H,36,41)(H,37,38)/t18-,19-/m1/s1. The molecule has 1 aromatic heterocycles. The van der Waals surface area contributed by atoms with Gasteiger partial charge < -0.3 is 25.0 Å². The van der Waals surface area contributed by atoms with E-state index in [0.717, 1.165) is 5.56 Å². The van der Waals surface area contributed by atoms with Crippen LogP contribution in [0.2, 0.25) is 10.0 Å². The molecule has 0 aliphatic carbocycles. The van der Waals surface area contributed by atoms with E-state index < -0.39 is 0 Å². The van der Waals surface area contributed by atoms with Crippen LogP contribution in [0, 0.1) is 0 Å². The summed E-state index contributed by atoms with van der Waals surface area (Å²) in [6.07, 6.45) is 0.302. The van der Waals surface area contributed by atoms with Gasteiger partial charge in [-0.25, -0.2) is 9.55 Å². The molecular formula is C33H33Cl2N5O5. The molecule has 1 aliphatic heterocycles. The molecule has 4 aromatic rings. The first-order chi connectivity index (χ1) is 21.6. The lowest BCUT2D eigenvalue weighted by Gasteiger charge is -2.35. The summed E-state index contributed by atoms with van der Waals surface area (Å²) in [6.45, 7) is 3.96. The van der Waals surface area contributed by atoms with Gasteiger partial charge in [0, 0.05) is 29.8 Å². The monoisotopic (exact) mass is 649 g/mol. The van der Waals surface area contributed by atoms with Crippen molar-refractivity contribution < 1.29 is 19.1 Å². The normalized spacial score (nSPS) is 14.7. The van der Waals surface area contributed by atoms with Gasteiger partial charge in [-0.05, 0) is 80.4 Å². The summed E-state index contributed by atoms with van der Waals surface area (Å²) < 4.78 is 12.4. The van der Waals surface area contributed by atoms with Crippen LogP contribution in [-0.2, 0) is 13.0 Å². The summed E-state index contributed by atoms with van der Waals surface area (Å²) in [5.41, 5.74) is 3.00. The third-order valence-electron chi connectivity index (χ3n) is 7.91. The van der Waals surface area contributed by atoms with Crippen LogP contribution in [0.15, 0.2) is 65.5 Å². The summed E-state index contributed by atoms with van der Waals surface area (Å²) in [7, 11) is 4.69. The molecule has 12 heteroatoms. The molecule has 0 spiro atoms. The number of carbonyl (C=O) groups excluding carboxylic acids is 2. The Labute approximate surface area is 270 Å². The van der Waals surface area contributed by atoms with Gasteiger partial charge in [-0.2, -0.15) is 0 Å². The van der Waals surface area contributed by atoms with Gasteiger partial charge in [0.05, 0.1) is 48.2 Å². The summed E-state index contributed by atoms with van der Waals surface area (Å²) >= 11 is 12.3. The maximum Gasteiger partial charge on any atom is 0.263 e. The van der Waals surface area contributed by atoms with Gasteiger partial charge in [0.2, 0.25) is 5.95 Å². The molecule has 45 heavy (non-hydrogen) atoms. The molecule has 5 rings (SSSR count). The number of hydrogen-bond acceptors (Lipinski definition) is 7. The summed E-state index contributed by atoms with van der Waals surface area (Å²) in [5.74, 6) is 0.961. The van der Waals surface area contributed by atoms with Crippen molar-refractivity contribution in [2.45, 2.75) is 38.9 Å². The molecule has 0 fully saturated rings. The quantitative estimate of drug-likeness (QED) is 0.252. The molecule has 234 valence electrons. The third-order valence-corrected chi connectivity index (χ3v) is 8.65. The molecule has 1 aliphatic rings. The van der Waals surface area contributed by atoms with Gasteiger partial charge in [-0.15, -0.1) is 0 Å². The number of methoxy groups -OCH3 is 2. The van der Waals surface area contributed by atoms with Gasteiger partial charge in [0.25, 0.3) is 17.4 Å².